The van der Waals surface area contributed by atoms with E-state index in [1.165, 1.54) is 0 Å². The van der Waals surface area contributed by atoms with Crippen LogP contribution >= 0.6 is 0 Å². The highest BCUT2D eigenvalue weighted by atomic mass is 16.5. The van der Waals surface area contributed by atoms with Crippen LogP contribution in [0.1, 0.15) is 36.8 Å². The van der Waals surface area contributed by atoms with Crippen molar-refractivity contribution in [2.24, 2.45) is 5.73 Å². The summed E-state index contributed by atoms with van der Waals surface area (Å²) in [5.74, 6) is 0.710. The minimum Gasteiger partial charge on any atom is -0.491 e. The Hall–Kier alpha value is -3.20. The largest absolute Gasteiger partial charge is 0.491 e. The molecule has 1 amide bonds. The Kier molecular flexibility index (Phi) is 5.07. The maximum absolute atomic E-state index is 11.9. The molecule has 0 aromatic carbocycles. The van der Waals surface area contributed by atoms with Crippen molar-refractivity contribution in [2.75, 3.05) is 31.1 Å². The van der Waals surface area contributed by atoms with Gasteiger partial charge in [-0.3, -0.25) is 4.79 Å². The highest BCUT2D eigenvalue weighted by molar-refractivity contribution is 5.98. The molecule has 30 heavy (non-hydrogen) atoms. The van der Waals surface area contributed by atoms with Crippen molar-refractivity contribution in [1.29, 1.82) is 0 Å². The molecular weight excluding hydrogens is 382 g/mol. The predicted molar refractivity (Wildman–Crippen MR) is 115 cm³/mol. The van der Waals surface area contributed by atoms with Gasteiger partial charge in [0.2, 0.25) is 0 Å². The van der Waals surface area contributed by atoms with E-state index in [4.69, 9.17) is 10.5 Å². The number of aromatic nitrogens is 4. The molecule has 9 nitrogen and oxygen atoms in total. The first kappa shape index (κ1) is 20.1. The maximum Gasteiger partial charge on any atom is 0.252 e. The Morgan fingerprint density at radius 3 is 2.77 bits per heavy atom. The van der Waals surface area contributed by atoms with E-state index in [9.17, 15) is 4.79 Å². The summed E-state index contributed by atoms with van der Waals surface area (Å²) < 4.78 is 7.25. The van der Waals surface area contributed by atoms with Gasteiger partial charge in [0.25, 0.3) is 5.91 Å². The zero-order valence-electron chi connectivity index (χ0n) is 17.8. The summed E-state index contributed by atoms with van der Waals surface area (Å²) in [7, 11) is 0. The van der Waals surface area contributed by atoms with Crippen molar-refractivity contribution in [3.63, 3.8) is 0 Å². The van der Waals surface area contributed by atoms with Gasteiger partial charge in [-0.2, -0.15) is 5.10 Å². The molecule has 1 fully saturated rings. The molecular formula is C21H27N7O2. The monoisotopic (exact) mass is 409 g/mol. The molecule has 3 N–H and O–H groups in total. The van der Waals surface area contributed by atoms with Gasteiger partial charge in [-0.15, -0.1) is 10.2 Å². The Balaban J connectivity index is 1.73. The molecule has 0 spiro atoms. The third-order valence-corrected chi connectivity index (χ3v) is 5.28. The second kappa shape index (κ2) is 7.56. The van der Waals surface area contributed by atoms with Gasteiger partial charge in [0, 0.05) is 25.2 Å². The highest BCUT2D eigenvalue weighted by Gasteiger charge is 2.27. The van der Waals surface area contributed by atoms with Crippen LogP contribution in [0, 0.1) is 6.92 Å². The van der Waals surface area contributed by atoms with Gasteiger partial charge in [0.15, 0.2) is 5.82 Å². The molecule has 0 aliphatic carbocycles. The summed E-state index contributed by atoms with van der Waals surface area (Å²) in [4.78, 5) is 14.2. The number of aryl methyl sites for hydroxylation is 1. The van der Waals surface area contributed by atoms with Gasteiger partial charge in [0.05, 0.1) is 40.8 Å². The standard InChI is InChI=1S/C21H27N7O2/c1-5-30-17-11-28-16(10-14(17)20(22)29)19(13(2)26-28)15-6-7-18(25-24-15)27-9-8-23-21(3,4)12-27/h6-7,10-11,23H,5,8-9,12H2,1-4H3,(H2,22,29). The number of fused-ring (bicyclic) bond motifs is 1. The average molecular weight is 409 g/mol. The zero-order valence-corrected chi connectivity index (χ0v) is 17.8. The number of nitrogens with zero attached hydrogens (tertiary/aromatic N) is 5. The number of nitrogens with two attached hydrogens (primary N) is 1. The van der Waals surface area contributed by atoms with E-state index in [1.807, 2.05) is 26.0 Å². The Morgan fingerprint density at radius 1 is 1.33 bits per heavy atom. The summed E-state index contributed by atoms with van der Waals surface area (Å²) in [5.41, 5.74) is 8.94. The van der Waals surface area contributed by atoms with Crippen molar-refractivity contribution < 1.29 is 9.53 Å². The van der Waals surface area contributed by atoms with E-state index in [1.54, 1.807) is 16.8 Å². The third-order valence-electron chi connectivity index (χ3n) is 5.28. The van der Waals surface area contributed by atoms with Crippen LogP contribution in [0.5, 0.6) is 5.75 Å². The summed E-state index contributed by atoms with van der Waals surface area (Å²) in [6, 6.07) is 5.63. The number of hydrogen-bond acceptors (Lipinski definition) is 7. The van der Waals surface area contributed by atoms with Crippen LogP contribution in [0.25, 0.3) is 16.8 Å². The van der Waals surface area contributed by atoms with Crippen molar-refractivity contribution >= 4 is 17.2 Å². The smallest absolute Gasteiger partial charge is 0.252 e. The Labute approximate surface area is 175 Å². The lowest BCUT2D eigenvalue weighted by atomic mass is 10.0. The number of pyridine rings is 1. The first-order chi connectivity index (χ1) is 14.3. The fourth-order valence-electron chi connectivity index (χ4n) is 3.93. The number of primary amides is 1. The van der Waals surface area contributed by atoms with E-state index in [-0.39, 0.29) is 5.54 Å². The zero-order chi connectivity index (χ0) is 21.5. The van der Waals surface area contributed by atoms with Crippen molar-refractivity contribution in [2.45, 2.75) is 33.2 Å². The molecule has 3 aromatic rings. The van der Waals surface area contributed by atoms with E-state index >= 15 is 0 Å². The molecule has 1 aliphatic heterocycles. The predicted octanol–water partition coefficient (Wildman–Crippen LogP) is 1.79. The molecule has 4 rings (SSSR count). The van der Waals surface area contributed by atoms with E-state index in [0.29, 0.717) is 23.6 Å². The minimum atomic E-state index is -0.548. The number of hydrogen-bond donors (Lipinski definition) is 2. The molecule has 3 aromatic heterocycles. The Bertz CT molecular complexity index is 1090. The fraction of sp³-hybridized carbons (Fsp3) is 0.429. The molecule has 9 heteroatoms. The fourth-order valence-corrected chi connectivity index (χ4v) is 3.93. The van der Waals surface area contributed by atoms with Crippen molar-refractivity contribution in [3.8, 4) is 17.0 Å². The second-order valence-corrected chi connectivity index (χ2v) is 8.15. The number of nitrogens with one attached hydrogen (secondary N) is 1. The lowest BCUT2D eigenvalue weighted by Gasteiger charge is -2.39. The number of ether oxygens (including phenoxy) is 1. The summed E-state index contributed by atoms with van der Waals surface area (Å²) in [6.45, 7) is 11.2. The summed E-state index contributed by atoms with van der Waals surface area (Å²) >= 11 is 0. The Morgan fingerprint density at radius 2 is 2.13 bits per heavy atom. The quantitative estimate of drug-likeness (QED) is 0.661. The van der Waals surface area contributed by atoms with Crippen molar-refractivity contribution in [3.05, 3.63) is 35.7 Å². The van der Waals surface area contributed by atoms with Crippen LogP contribution < -0.4 is 20.7 Å². The molecule has 0 saturated carbocycles. The number of carbonyl (C=O) groups is 1. The van der Waals surface area contributed by atoms with E-state index in [2.05, 4.69) is 39.4 Å². The molecule has 1 saturated heterocycles. The van der Waals surface area contributed by atoms with Crippen LogP contribution in [0.2, 0.25) is 0 Å². The number of piperazine rings is 1. The van der Waals surface area contributed by atoms with Crippen LogP contribution in [0.3, 0.4) is 0 Å². The van der Waals surface area contributed by atoms with Crippen LogP contribution in [0.4, 0.5) is 5.82 Å². The molecule has 0 unspecified atom stereocenters. The average Bonchev–Trinajstić information content (AvgIpc) is 3.01. The molecule has 0 bridgehead atoms. The van der Waals surface area contributed by atoms with Crippen LogP contribution in [-0.2, 0) is 0 Å². The van der Waals surface area contributed by atoms with Crippen LogP contribution in [0.15, 0.2) is 24.4 Å². The number of anilines is 1. The SMILES string of the molecule is CCOc1cn2nc(C)c(-c3ccc(N4CCNC(C)(C)C4)nn3)c2cc1C(N)=O. The molecule has 4 heterocycles. The molecule has 0 radical (unpaired) electrons. The van der Waals surface area contributed by atoms with Gasteiger partial charge in [-0.1, -0.05) is 0 Å². The number of rotatable bonds is 5. The topological polar surface area (TPSA) is 111 Å². The third kappa shape index (κ3) is 3.68. The van der Waals surface area contributed by atoms with Gasteiger partial charge < -0.3 is 20.7 Å². The minimum absolute atomic E-state index is 0.0288. The second-order valence-electron chi connectivity index (χ2n) is 8.15. The first-order valence-corrected chi connectivity index (χ1v) is 10.1. The van der Waals surface area contributed by atoms with Crippen molar-refractivity contribution in [1.82, 2.24) is 25.1 Å². The maximum atomic E-state index is 11.9. The lowest BCUT2D eigenvalue weighted by Crippen LogP contribution is -2.57. The number of carbonyl (C=O) groups excluding carboxylic acids is 1. The van der Waals surface area contributed by atoms with E-state index < -0.39 is 5.91 Å². The lowest BCUT2D eigenvalue weighted by molar-refractivity contribution is 0.0996. The summed E-state index contributed by atoms with van der Waals surface area (Å²) in [5, 5.41) is 17.0. The summed E-state index contributed by atoms with van der Waals surface area (Å²) in [6.07, 6.45) is 1.68. The normalized spacial score (nSPS) is 16.1. The molecule has 158 valence electrons. The molecule has 0 atom stereocenters. The first-order valence-electron chi connectivity index (χ1n) is 10.1. The van der Waals surface area contributed by atoms with Crippen LogP contribution in [-0.4, -0.2) is 57.5 Å². The highest BCUT2D eigenvalue weighted by Crippen LogP contribution is 2.31. The number of amides is 1. The van der Waals surface area contributed by atoms with Gasteiger partial charge in [-0.05, 0) is 45.9 Å². The van der Waals surface area contributed by atoms with E-state index in [0.717, 1.165) is 42.2 Å². The van der Waals surface area contributed by atoms with Gasteiger partial charge in [-0.25, -0.2) is 4.52 Å². The van der Waals surface area contributed by atoms with Gasteiger partial charge in [0.1, 0.15) is 5.75 Å². The van der Waals surface area contributed by atoms with Gasteiger partial charge >= 0.3 is 0 Å². The molecule has 1 aliphatic rings.